The zero-order valence-electron chi connectivity index (χ0n) is 19.3. The molecule has 9 heteroatoms. The number of fused-ring (bicyclic) bond motifs is 1. The maximum Gasteiger partial charge on any atom is 0.228 e. The summed E-state index contributed by atoms with van der Waals surface area (Å²) in [4.78, 5) is 13.9. The van der Waals surface area contributed by atoms with Crippen molar-refractivity contribution < 1.29 is 13.5 Å². The molecule has 1 aliphatic rings. The maximum absolute atomic E-state index is 13.3. The van der Waals surface area contributed by atoms with Crippen molar-refractivity contribution in [3.8, 4) is 11.6 Å². The number of hydrogen-bond donors (Lipinski definition) is 0. The van der Waals surface area contributed by atoms with Gasteiger partial charge in [-0.3, -0.25) is 4.90 Å². The second-order valence-electron chi connectivity index (χ2n) is 8.37. The molecular formula is C25H27FN6O2. The molecule has 0 saturated carbocycles. The van der Waals surface area contributed by atoms with Crippen LogP contribution in [-0.2, 0) is 11.3 Å². The fourth-order valence-corrected chi connectivity index (χ4v) is 4.14. The van der Waals surface area contributed by atoms with Crippen LogP contribution in [0.3, 0.4) is 0 Å². The third-order valence-electron chi connectivity index (χ3n) is 6.04. The molecule has 0 saturated heterocycles. The number of halogens is 1. The van der Waals surface area contributed by atoms with Gasteiger partial charge in [-0.2, -0.15) is 4.52 Å². The van der Waals surface area contributed by atoms with Gasteiger partial charge in [-0.15, -0.1) is 5.10 Å². The SMILES string of the molecule is COCCN(C)c1ncc(CN2CC=C(c3ccc(F)cc3)CC2)c2nc(-c3ccco3)nn12. The molecule has 0 bridgehead atoms. The van der Waals surface area contributed by atoms with Crippen LogP contribution in [0.15, 0.2) is 59.4 Å². The molecule has 0 N–H and O–H groups in total. The number of hydrogen-bond acceptors (Lipinski definition) is 7. The number of benzene rings is 1. The highest BCUT2D eigenvalue weighted by Gasteiger charge is 2.20. The second kappa shape index (κ2) is 9.74. The molecule has 4 heterocycles. The minimum Gasteiger partial charge on any atom is -0.461 e. The average Bonchev–Trinajstić information content (AvgIpc) is 3.54. The molecule has 4 aromatic rings. The van der Waals surface area contributed by atoms with E-state index in [-0.39, 0.29) is 5.82 Å². The summed E-state index contributed by atoms with van der Waals surface area (Å²) in [7, 11) is 3.64. The van der Waals surface area contributed by atoms with Crippen LogP contribution in [0.4, 0.5) is 10.3 Å². The van der Waals surface area contributed by atoms with Crippen LogP contribution in [0.2, 0.25) is 0 Å². The lowest BCUT2D eigenvalue weighted by molar-refractivity contribution is 0.206. The predicted octanol–water partition coefficient (Wildman–Crippen LogP) is 3.90. The lowest BCUT2D eigenvalue weighted by Crippen LogP contribution is -2.29. The van der Waals surface area contributed by atoms with Crippen LogP contribution in [0.1, 0.15) is 17.5 Å². The fraction of sp³-hybridized carbons (Fsp3) is 0.320. The average molecular weight is 463 g/mol. The Balaban J connectivity index is 1.41. The number of aromatic nitrogens is 4. The highest BCUT2D eigenvalue weighted by Crippen LogP contribution is 2.26. The van der Waals surface area contributed by atoms with Crippen LogP contribution < -0.4 is 4.90 Å². The minimum atomic E-state index is -0.211. The van der Waals surface area contributed by atoms with Crippen LogP contribution in [0, 0.1) is 5.82 Å². The lowest BCUT2D eigenvalue weighted by Gasteiger charge is -2.27. The summed E-state index contributed by atoms with van der Waals surface area (Å²) in [5, 5.41) is 4.70. The van der Waals surface area contributed by atoms with Gasteiger partial charge in [-0.1, -0.05) is 18.2 Å². The Kier molecular flexibility index (Phi) is 6.37. The summed E-state index contributed by atoms with van der Waals surface area (Å²) in [6, 6.07) is 10.4. The number of furan rings is 1. The van der Waals surface area contributed by atoms with Crippen molar-refractivity contribution in [2.75, 3.05) is 45.3 Å². The molecule has 0 radical (unpaired) electrons. The number of methoxy groups -OCH3 is 1. The molecule has 34 heavy (non-hydrogen) atoms. The molecule has 3 aromatic heterocycles. The summed E-state index contributed by atoms with van der Waals surface area (Å²) in [6.07, 6.45) is 6.61. The van der Waals surface area contributed by atoms with Gasteiger partial charge in [0.1, 0.15) is 5.82 Å². The van der Waals surface area contributed by atoms with Gasteiger partial charge in [0.05, 0.1) is 12.9 Å². The van der Waals surface area contributed by atoms with E-state index >= 15 is 0 Å². The van der Waals surface area contributed by atoms with E-state index in [0.717, 1.165) is 36.3 Å². The standard InChI is InChI=1S/C25H27FN6O2/c1-30(13-15-33-2)25-27-16-20(24-28-23(29-32(24)25)22-4-3-14-34-22)17-31-11-9-19(10-12-31)18-5-7-21(26)8-6-18/h3-9,14,16H,10-13,15,17H2,1-2H3. The maximum atomic E-state index is 13.3. The van der Waals surface area contributed by atoms with Crippen molar-refractivity contribution in [1.29, 1.82) is 0 Å². The second-order valence-corrected chi connectivity index (χ2v) is 8.37. The number of rotatable bonds is 8. The molecule has 0 spiro atoms. The highest BCUT2D eigenvalue weighted by atomic mass is 19.1. The largest absolute Gasteiger partial charge is 0.461 e. The molecule has 0 aliphatic carbocycles. The Morgan fingerprint density at radius 3 is 2.76 bits per heavy atom. The van der Waals surface area contributed by atoms with Crippen LogP contribution in [-0.4, -0.2) is 64.9 Å². The summed E-state index contributed by atoms with van der Waals surface area (Å²) >= 11 is 0. The summed E-state index contributed by atoms with van der Waals surface area (Å²) < 4.78 is 25.8. The van der Waals surface area contributed by atoms with Gasteiger partial charge in [0, 0.05) is 52.1 Å². The van der Waals surface area contributed by atoms with Crippen molar-refractivity contribution in [2.24, 2.45) is 0 Å². The first-order chi connectivity index (χ1) is 16.6. The molecule has 1 aliphatic heterocycles. The van der Waals surface area contributed by atoms with Crippen molar-refractivity contribution in [2.45, 2.75) is 13.0 Å². The minimum absolute atomic E-state index is 0.211. The Morgan fingerprint density at radius 2 is 2.06 bits per heavy atom. The first-order valence-corrected chi connectivity index (χ1v) is 11.3. The van der Waals surface area contributed by atoms with Crippen molar-refractivity contribution in [3.63, 3.8) is 0 Å². The molecule has 0 fully saturated rings. The first-order valence-electron chi connectivity index (χ1n) is 11.3. The Bertz CT molecular complexity index is 1280. The van der Waals surface area contributed by atoms with E-state index in [0.29, 0.717) is 37.2 Å². The third-order valence-corrected chi connectivity index (χ3v) is 6.04. The highest BCUT2D eigenvalue weighted by molar-refractivity contribution is 5.66. The first kappa shape index (κ1) is 22.2. The molecule has 0 atom stereocenters. The number of nitrogens with zero attached hydrogens (tertiary/aromatic N) is 6. The molecule has 0 amide bonds. The van der Waals surface area contributed by atoms with Crippen molar-refractivity contribution in [3.05, 3.63) is 71.9 Å². The zero-order chi connectivity index (χ0) is 23.5. The normalized spacial score (nSPS) is 14.5. The van der Waals surface area contributed by atoms with Gasteiger partial charge < -0.3 is 14.1 Å². The van der Waals surface area contributed by atoms with Gasteiger partial charge >= 0.3 is 0 Å². The molecule has 1 aromatic carbocycles. The lowest BCUT2D eigenvalue weighted by atomic mass is 9.99. The monoisotopic (exact) mass is 462 g/mol. The Morgan fingerprint density at radius 1 is 1.21 bits per heavy atom. The van der Waals surface area contributed by atoms with Gasteiger partial charge in [0.2, 0.25) is 11.8 Å². The number of likely N-dealkylation sites (N-methyl/N-ethyl adjacent to an activating group) is 1. The van der Waals surface area contributed by atoms with Crippen LogP contribution in [0.25, 0.3) is 22.8 Å². The van der Waals surface area contributed by atoms with E-state index in [1.807, 2.05) is 42.4 Å². The molecule has 176 valence electrons. The van der Waals surface area contributed by atoms with E-state index in [2.05, 4.69) is 11.0 Å². The van der Waals surface area contributed by atoms with E-state index in [9.17, 15) is 4.39 Å². The van der Waals surface area contributed by atoms with Gasteiger partial charge in [-0.25, -0.2) is 14.4 Å². The topological polar surface area (TPSA) is 71.9 Å². The Hall–Kier alpha value is -3.56. The van der Waals surface area contributed by atoms with Gasteiger partial charge in [-0.05, 0) is 41.8 Å². The predicted molar refractivity (Wildman–Crippen MR) is 128 cm³/mol. The summed E-state index contributed by atoms with van der Waals surface area (Å²) in [5.74, 6) is 1.62. The molecule has 8 nitrogen and oxygen atoms in total. The van der Waals surface area contributed by atoms with E-state index < -0.39 is 0 Å². The number of ether oxygens (including phenoxy) is 1. The zero-order valence-corrected chi connectivity index (χ0v) is 19.3. The Labute approximate surface area is 197 Å². The fourth-order valence-electron chi connectivity index (χ4n) is 4.14. The quantitative estimate of drug-likeness (QED) is 0.393. The third kappa shape index (κ3) is 4.57. The molecule has 5 rings (SSSR count). The summed E-state index contributed by atoms with van der Waals surface area (Å²) in [6.45, 7) is 3.65. The van der Waals surface area contributed by atoms with Gasteiger partial charge in [0.25, 0.3) is 0 Å². The molecule has 0 unspecified atom stereocenters. The molecular weight excluding hydrogens is 435 g/mol. The van der Waals surface area contributed by atoms with Crippen LogP contribution in [0.5, 0.6) is 0 Å². The van der Waals surface area contributed by atoms with Crippen molar-refractivity contribution >= 4 is 17.2 Å². The number of anilines is 1. The van der Waals surface area contributed by atoms with E-state index in [1.54, 1.807) is 17.9 Å². The van der Waals surface area contributed by atoms with E-state index in [1.165, 1.54) is 17.7 Å². The summed E-state index contributed by atoms with van der Waals surface area (Å²) in [5.41, 5.74) is 4.08. The van der Waals surface area contributed by atoms with Gasteiger partial charge in [0.15, 0.2) is 11.4 Å². The smallest absolute Gasteiger partial charge is 0.228 e. The van der Waals surface area contributed by atoms with E-state index in [4.69, 9.17) is 24.2 Å². The van der Waals surface area contributed by atoms with Crippen molar-refractivity contribution in [1.82, 2.24) is 24.5 Å². The van der Waals surface area contributed by atoms with Crippen LogP contribution >= 0.6 is 0 Å².